The van der Waals surface area contributed by atoms with Crippen molar-refractivity contribution in [1.29, 1.82) is 5.26 Å². The van der Waals surface area contributed by atoms with E-state index in [-0.39, 0.29) is 5.57 Å². The van der Waals surface area contributed by atoms with Gasteiger partial charge in [0.05, 0.1) is 13.2 Å². The monoisotopic (exact) mass is 344 g/mol. The van der Waals surface area contributed by atoms with Crippen molar-refractivity contribution in [3.05, 3.63) is 35.4 Å². The standard InChI is InChI=1S/C20H28N2O3/c1-3-4-5-6-7-13-25-19-10-8-17(9-11-19)15-18(16-21)20(23)22-12-14-24-2/h8-11,15H,3-7,12-14H2,1-2H3,(H,22,23)/b18-15+. The Bertz CT molecular complexity index is 574. The molecule has 0 spiro atoms. The molecule has 0 aliphatic carbocycles. The normalized spacial score (nSPS) is 11.0. The molecule has 0 aliphatic rings. The number of carbonyl (C=O) groups excluding carboxylic acids is 1. The molecule has 0 heterocycles. The Morgan fingerprint density at radius 1 is 1.16 bits per heavy atom. The number of methoxy groups -OCH3 is 1. The maximum Gasteiger partial charge on any atom is 0.262 e. The fourth-order valence-electron chi connectivity index (χ4n) is 2.23. The quantitative estimate of drug-likeness (QED) is 0.356. The first-order chi connectivity index (χ1) is 12.2. The van der Waals surface area contributed by atoms with Crippen LogP contribution in [0.5, 0.6) is 5.75 Å². The van der Waals surface area contributed by atoms with Gasteiger partial charge in [0.1, 0.15) is 17.4 Å². The Hall–Kier alpha value is -2.32. The minimum absolute atomic E-state index is 0.0701. The highest BCUT2D eigenvalue weighted by molar-refractivity contribution is 6.01. The summed E-state index contributed by atoms with van der Waals surface area (Å²) in [5, 5.41) is 11.8. The van der Waals surface area contributed by atoms with Crippen LogP contribution >= 0.6 is 0 Å². The Morgan fingerprint density at radius 3 is 2.52 bits per heavy atom. The van der Waals surface area contributed by atoms with Crippen molar-refractivity contribution in [3.63, 3.8) is 0 Å². The number of nitrogens with zero attached hydrogens (tertiary/aromatic N) is 1. The van der Waals surface area contributed by atoms with Crippen LogP contribution in [0.1, 0.15) is 44.6 Å². The zero-order chi connectivity index (χ0) is 18.3. The van der Waals surface area contributed by atoms with Gasteiger partial charge in [-0.25, -0.2) is 0 Å². The molecule has 1 aromatic rings. The van der Waals surface area contributed by atoms with Crippen molar-refractivity contribution >= 4 is 12.0 Å². The third kappa shape index (κ3) is 8.92. The van der Waals surface area contributed by atoms with Crippen molar-refractivity contribution in [3.8, 4) is 11.8 Å². The molecule has 0 aromatic heterocycles. The van der Waals surface area contributed by atoms with Crippen molar-refractivity contribution < 1.29 is 14.3 Å². The second-order valence-corrected chi connectivity index (χ2v) is 5.75. The van der Waals surface area contributed by atoms with Crippen LogP contribution in [-0.2, 0) is 9.53 Å². The molecule has 136 valence electrons. The molecule has 25 heavy (non-hydrogen) atoms. The largest absolute Gasteiger partial charge is 0.494 e. The van der Waals surface area contributed by atoms with E-state index in [0.29, 0.717) is 19.8 Å². The van der Waals surface area contributed by atoms with Gasteiger partial charge < -0.3 is 14.8 Å². The lowest BCUT2D eigenvalue weighted by Gasteiger charge is -2.06. The molecule has 0 atom stereocenters. The number of hydrogen-bond acceptors (Lipinski definition) is 4. The van der Waals surface area contributed by atoms with Gasteiger partial charge in [-0.05, 0) is 30.2 Å². The number of carbonyl (C=O) groups is 1. The average molecular weight is 344 g/mol. The van der Waals surface area contributed by atoms with E-state index in [1.165, 1.54) is 25.7 Å². The molecule has 1 aromatic carbocycles. The molecule has 5 heteroatoms. The minimum atomic E-state index is -0.396. The number of hydrogen-bond donors (Lipinski definition) is 1. The second kappa shape index (κ2) is 13.0. The highest BCUT2D eigenvalue weighted by atomic mass is 16.5. The summed E-state index contributed by atoms with van der Waals surface area (Å²) < 4.78 is 10.6. The lowest BCUT2D eigenvalue weighted by Crippen LogP contribution is -2.27. The van der Waals surface area contributed by atoms with Crippen LogP contribution in [0.4, 0.5) is 0 Å². The maximum atomic E-state index is 11.9. The Morgan fingerprint density at radius 2 is 1.88 bits per heavy atom. The van der Waals surface area contributed by atoms with Crippen molar-refractivity contribution in [1.82, 2.24) is 5.32 Å². The molecule has 0 fully saturated rings. The van der Waals surface area contributed by atoms with Crippen molar-refractivity contribution in [2.75, 3.05) is 26.9 Å². The summed E-state index contributed by atoms with van der Waals surface area (Å²) in [6, 6.07) is 9.32. The maximum absolute atomic E-state index is 11.9. The van der Waals surface area contributed by atoms with Gasteiger partial charge >= 0.3 is 0 Å². The summed E-state index contributed by atoms with van der Waals surface area (Å²) in [5.74, 6) is 0.405. The summed E-state index contributed by atoms with van der Waals surface area (Å²) in [7, 11) is 1.56. The van der Waals surface area contributed by atoms with E-state index in [0.717, 1.165) is 17.7 Å². The molecule has 1 amide bonds. The molecule has 0 bridgehead atoms. The van der Waals surface area contributed by atoms with Gasteiger partial charge in [0, 0.05) is 13.7 Å². The van der Waals surface area contributed by atoms with Crippen LogP contribution < -0.4 is 10.1 Å². The molecular formula is C20H28N2O3. The van der Waals surface area contributed by atoms with Gasteiger partial charge in [0.25, 0.3) is 5.91 Å². The number of ether oxygens (including phenoxy) is 2. The van der Waals surface area contributed by atoms with E-state index in [4.69, 9.17) is 14.7 Å². The highest BCUT2D eigenvalue weighted by Crippen LogP contribution is 2.15. The molecule has 5 nitrogen and oxygen atoms in total. The number of nitriles is 1. The summed E-state index contributed by atoms with van der Waals surface area (Å²) >= 11 is 0. The predicted octanol–water partition coefficient (Wildman–Crippen LogP) is 3.71. The molecule has 0 radical (unpaired) electrons. The van der Waals surface area contributed by atoms with Gasteiger partial charge in [-0.15, -0.1) is 0 Å². The molecular weight excluding hydrogens is 316 g/mol. The zero-order valence-electron chi connectivity index (χ0n) is 15.2. The zero-order valence-corrected chi connectivity index (χ0v) is 15.2. The predicted molar refractivity (Wildman–Crippen MR) is 99.2 cm³/mol. The molecule has 0 aliphatic heterocycles. The van der Waals surface area contributed by atoms with Crippen LogP contribution in [-0.4, -0.2) is 32.8 Å². The minimum Gasteiger partial charge on any atom is -0.494 e. The smallest absolute Gasteiger partial charge is 0.262 e. The fraction of sp³-hybridized carbons (Fsp3) is 0.500. The molecule has 0 saturated carbocycles. The van der Waals surface area contributed by atoms with Gasteiger partial charge in [-0.1, -0.05) is 44.7 Å². The third-order valence-electron chi connectivity index (χ3n) is 3.66. The van der Waals surface area contributed by atoms with Crippen LogP contribution in [0.3, 0.4) is 0 Å². The van der Waals surface area contributed by atoms with E-state index in [9.17, 15) is 4.79 Å². The average Bonchev–Trinajstić information content (AvgIpc) is 2.63. The van der Waals surface area contributed by atoms with Crippen LogP contribution in [0, 0.1) is 11.3 Å². The van der Waals surface area contributed by atoms with E-state index in [1.54, 1.807) is 13.2 Å². The Labute approximate surface area is 150 Å². The summed E-state index contributed by atoms with van der Waals surface area (Å²) in [6.45, 7) is 3.70. The third-order valence-corrected chi connectivity index (χ3v) is 3.66. The second-order valence-electron chi connectivity index (χ2n) is 5.75. The topological polar surface area (TPSA) is 71.3 Å². The molecule has 0 unspecified atom stereocenters. The first-order valence-electron chi connectivity index (χ1n) is 8.83. The number of amides is 1. The highest BCUT2D eigenvalue weighted by Gasteiger charge is 2.08. The van der Waals surface area contributed by atoms with Gasteiger partial charge in [-0.3, -0.25) is 4.79 Å². The molecule has 1 N–H and O–H groups in total. The van der Waals surface area contributed by atoms with Crippen LogP contribution in [0.2, 0.25) is 0 Å². The fourth-order valence-corrected chi connectivity index (χ4v) is 2.23. The van der Waals surface area contributed by atoms with Crippen LogP contribution in [0.25, 0.3) is 6.08 Å². The summed E-state index contributed by atoms with van der Waals surface area (Å²) in [4.78, 5) is 11.9. The Kier molecular flexibility index (Phi) is 10.8. The first-order valence-corrected chi connectivity index (χ1v) is 8.83. The molecule has 0 saturated heterocycles. The lowest BCUT2D eigenvalue weighted by atomic mass is 10.1. The number of benzene rings is 1. The van der Waals surface area contributed by atoms with E-state index in [2.05, 4.69) is 12.2 Å². The van der Waals surface area contributed by atoms with E-state index in [1.807, 2.05) is 30.3 Å². The Balaban J connectivity index is 2.48. The van der Waals surface area contributed by atoms with Crippen molar-refractivity contribution in [2.45, 2.75) is 39.0 Å². The van der Waals surface area contributed by atoms with Crippen LogP contribution in [0.15, 0.2) is 29.8 Å². The van der Waals surface area contributed by atoms with Gasteiger partial charge in [-0.2, -0.15) is 5.26 Å². The summed E-state index contributed by atoms with van der Waals surface area (Å²) in [6.07, 6.45) is 7.59. The summed E-state index contributed by atoms with van der Waals surface area (Å²) in [5.41, 5.74) is 0.856. The SMILES string of the molecule is CCCCCCCOc1ccc(/C=C(\C#N)C(=O)NCCOC)cc1. The van der Waals surface area contributed by atoms with E-state index < -0.39 is 5.91 Å². The number of nitrogens with one attached hydrogen (secondary N) is 1. The van der Waals surface area contributed by atoms with Gasteiger partial charge in [0.2, 0.25) is 0 Å². The van der Waals surface area contributed by atoms with Crippen molar-refractivity contribution in [2.24, 2.45) is 0 Å². The first kappa shape index (κ1) is 20.7. The number of rotatable bonds is 12. The molecule has 1 rings (SSSR count). The number of unbranched alkanes of at least 4 members (excludes halogenated alkanes) is 4. The lowest BCUT2D eigenvalue weighted by molar-refractivity contribution is -0.117. The van der Waals surface area contributed by atoms with Gasteiger partial charge in [0.15, 0.2) is 0 Å². The van der Waals surface area contributed by atoms with E-state index >= 15 is 0 Å².